The number of pyridine rings is 1. The highest BCUT2D eigenvalue weighted by atomic mass is 35.5. The molecule has 2 aromatic rings. The van der Waals surface area contributed by atoms with Crippen LogP contribution in [0, 0.1) is 0 Å². The second kappa shape index (κ2) is 6.35. The van der Waals surface area contributed by atoms with E-state index in [1.807, 2.05) is 24.3 Å². The molecule has 23 heavy (non-hydrogen) atoms. The topological polar surface area (TPSA) is 81.6 Å². The van der Waals surface area contributed by atoms with Crippen LogP contribution in [0.25, 0.3) is 0 Å². The molecule has 1 aliphatic carbocycles. The van der Waals surface area contributed by atoms with Gasteiger partial charge in [0.15, 0.2) is 0 Å². The summed E-state index contributed by atoms with van der Waals surface area (Å²) < 4.78 is 0. The Morgan fingerprint density at radius 1 is 1.13 bits per heavy atom. The number of nitrogen functional groups attached to an aromatic ring is 1. The predicted molar refractivity (Wildman–Crippen MR) is 91.2 cm³/mol. The van der Waals surface area contributed by atoms with Crippen molar-refractivity contribution in [3.63, 3.8) is 0 Å². The fourth-order valence-electron chi connectivity index (χ4n) is 2.39. The van der Waals surface area contributed by atoms with E-state index in [-0.39, 0.29) is 26.6 Å². The fourth-order valence-corrected chi connectivity index (χ4v) is 3.01. The Morgan fingerprint density at radius 2 is 1.74 bits per heavy atom. The predicted octanol–water partition coefficient (Wildman–Crippen LogP) is 2.93. The number of benzene rings is 1. The van der Waals surface area contributed by atoms with Crippen LogP contribution in [0.1, 0.15) is 21.6 Å². The van der Waals surface area contributed by atoms with Crippen LogP contribution in [0.3, 0.4) is 0 Å². The highest BCUT2D eigenvalue weighted by Gasteiger charge is 2.26. The highest BCUT2D eigenvalue weighted by Crippen LogP contribution is 2.32. The SMILES string of the molecule is Nc1c(Cl)c(Cl)[nH+]c(C(=O)NN=C2Cc3ccccc3C2)c1Cl. The zero-order chi connectivity index (χ0) is 16.6. The van der Waals surface area contributed by atoms with Crippen molar-refractivity contribution in [2.24, 2.45) is 5.10 Å². The van der Waals surface area contributed by atoms with Crippen LogP contribution in [0.2, 0.25) is 15.2 Å². The van der Waals surface area contributed by atoms with Crippen LogP contribution in [-0.4, -0.2) is 11.6 Å². The Bertz CT molecular complexity index is 809. The van der Waals surface area contributed by atoms with E-state index < -0.39 is 5.91 Å². The summed E-state index contributed by atoms with van der Waals surface area (Å²) in [5, 5.41) is 4.28. The van der Waals surface area contributed by atoms with Gasteiger partial charge < -0.3 is 5.73 Å². The van der Waals surface area contributed by atoms with Gasteiger partial charge in [-0.2, -0.15) is 10.1 Å². The molecule has 118 valence electrons. The molecule has 1 aliphatic rings. The summed E-state index contributed by atoms with van der Waals surface area (Å²) in [6, 6.07) is 8.05. The zero-order valence-corrected chi connectivity index (χ0v) is 14.1. The molecule has 0 spiro atoms. The number of anilines is 1. The molecule has 3 rings (SSSR count). The highest BCUT2D eigenvalue weighted by molar-refractivity contribution is 6.45. The number of aromatic nitrogens is 1. The van der Waals surface area contributed by atoms with E-state index in [4.69, 9.17) is 40.5 Å². The standard InChI is InChI=1S/C15H11Cl3N4O/c16-10-12(19)11(17)14(18)20-13(10)15(23)22-21-9-5-7-3-1-2-4-8(7)6-9/h1-4H,5-6H2,(H2,19,20)(H,22,23)/p+1. The van der Waals surface area contributed by atoms with Gasteiger partial charge in [-0.3, -0.25) is 4.79 Å². The van der Waals surface area contributed by atoms with Gasteiger partial charge in [-0.25, -0.2) is 5.43 Å². The van der Waals surface area contributed by atoms with Crippen LogP contribution in [0.5, 0.6) is 0 Å². The minimum Gasteiger partial charge on any atom is -0.396 e. The first kappa shape index (κ1) is 16.1. The summed E-state index contributed by atoms with van der Waals surface area (Å²) in [6.07, 6.45) is 1.41. The van der Waals surface area contributed by atoms with Crippen molar-refractivity contribution >= 4 is 52.1 Å². The number of nitrogens with zero attached hydrogens (tertiary/aromatic N) is 1. The molecular weight excluding hydrogens is 359 g/mol. The number of hydrazone groups is 1. The molecule has 0 radical (unpaired) electrons. The number of halogens is 3. The van der Waals surface area contributed by atoms with Crippen LogP contribution in [-0.2, 0) is 12.8 Å². The quantitative estimate of drug-likeness (QED) is 0.629. The molecule has 4 N–H and O–H groups in total. The maximum absolute atomic E-state index is 12.2. The van der Waals surface area contributed by atoms with Gasteiger partial charge in [0.1, 0.15) is 10.0 Å². The van der Waals surface area contributed by atoms with Gasteiger partial charge >= 0.3 is 5.91 Å². The van der Waals surface area contributed by atoms with E-state index >= 15 is 0 Å². The molecule has 1 amide bonds. The van der Waals surface area contributed by atoms with Gasteiger partial charge in [-0.05, 0) is 22.7 Å². The molecule has 0 saturated carbocycles. The van der Waals surface area contributed by atoms with Crippen molar-refractivity contribution in [2.75, 3.05) is 5.73 Å². The van der Waals surface area contributed by atoms with Crippen LogP contribution >= 0.6 is 34.8 Å². The van der Waals surface area contributed by atoms with Gasteiger partial charge in [-0.1, -0.05) is 47.5 Å². The molecular formula is C15H12Cl3N4O+. The Labute approximate surface area is 147 Å². The number of nitrogens with two attached hydrogens (primary N) is 1. The number of hydrogen-bond donors (Lipinski definition) is 2. The van der Waals surface area contributed by atoms with E-state index in [1.165, 1.54) is 11.1 Å². The van der Waals surface area contributed by atoms with Crippen molar-refractivity contribution in [2.45, 2.75) is 12.8 Å². The van der Waals surface area contributed by atoms with Gasteiger partial charge in [0, 0.05) is 18.6 Å². The first-order valence-electron chi connectivity index (χ1n) is 6.75. The van der Waals surface area contributed by atoms with Crippen molar-refractivity contribution in [3.05, 3.63) is 56.3 Å². The van der Waals surface area contributed by atoms with Gasteiger partial charge in [0.25, 0.3) is 10.8 Å². The lowest BCUT2D eigenvalue weighted by Gasteiger charge is -2.03. The zero-order valence-electron chi connectivity index (χ0n) is 11.8. The Morgan fingerprint density at radius 3 is 2.35 bits per heavy atom. The summed E-state index contributed by atoms with van der Waals surface area (Å²) in [5.41, 5.74) is 11.5. The third-order valence-electron chi connectivity index (χ3n) is 3.57. The molecule has 0 saturated heterocycles. The summed E-state index contributed by atoms with van der Waals surface area (Å²) in [5.74, 6) is -0.538. The smallest absolute Gasteiger partial charge is 0.337 e. The number of nitrogens with one attached hydrogen (secondary N) is 2. The van der Waals surface area contributed by atoms with Crippen LogP contribution in [0.4, 0.5) is 5.69 Å². The monoisotopic (exact) mass is 369 g/mol. The first-order valence-corrected chi connectivity index (χ1v) is 7.88. The Balaban J connectivity index is 1.78. The number of carbonyl (C=O) groups is 1. The number of hydrogen-bond acceptors (Lipinski definition) is 3. The molecule has 0 aliphatic heterocycles. The molecule has 0 fully saturated rings. The lowest BCUT2D eigenvalue weighted by molar-refractivity contribution is -0.379. The van der Waals surface area contributed by atoms with Crippen molar-refractivity contribution in [1.82, 2.24) is 5.43 Å². The number of carbonyl (C=O) groups excluding carboxylic acids is 1. The lowest BCUT2D eigenvalue weighted by atomic mass is 10.1. The number of H-pyrrole nitrogens is 1. The lowest BCUT2D eigenvalue weighted by Crippen LogP contribution is -2.29. The molecule has 0 unspecified atom stereocenters. The minimum absolute atomic E-state index is 0.00630. The molecule has 5 nitrogen and oxygen atoms in total. The normalized spacial score (nSPS) is 12.9. The van der Waals surface area contributed by atoms with Crippen molar-refractivity contribution in [3.8, 4) is 0 Å². The molecule has 1 aromatic carbocycles. The summed E-state index contributed by atoms with van der Waals surface area (Å²) in [7, 11) is 0. The summed E-state index contributed by atoms with van der Waals surface area (Å²) in [6.45, 7) is 0. The van der Waals surface area contributed by atoms with Crippen molar-refractivity contribution in [1.29, 1.82) is 0 Å². The maximum Gasteiger partial charge on any atom is 0.337 e. The van der Waals surface area contributed by atoms with E-state index in [0.29, 0.717) is 12.8 Å². The van der Waals surface area contributed by atoms with E-state index in [2.05, 4.69) is 15.5 Å². The molecule has 1 aromatic heterocycles. The van der Waals surface area contributed by atoms with Crippen LogP contribution in [0.15, 0.2) is 29.4 Å². The second-order valence-corrected chi connectivity index (χ2v) is 6.23. The largest absolute Gasteiger partial charge is 0.396 e. The fraction of sp³-hybridized carbons (Fsp3) is 0.133. The van der Waals surface area contributed by atoms with Crippen molar-refractivity contribution < 1.29 is 9.78 Å². The molecule has 1 heterocycles. The minimum atomic E-state index is -0.538. The molecule has 0 atom stereocenters. The first-order chi connectivity index (χ1) is 11.0. The average Bonchev–Trinajstić information content (AvgIpc) is 2.97. The second-order valence-electron chi connectivity index (χ2n) is 5.10. The third-order valence-corrected chi connectivity index (χ3v) is 4.74. The van der Waals surface area contributed by atoms with Gasteiger partial charge in [0.05, 0.1) is 5.69 Å². The number of rotatable bonds is 2. The summed E-state index contributed by atoms with van der Waals surface area (Å²) >= 11 is 17.8. The van der Waals surface area contributed by atoms with Gasteiger partial charge in [-0.15, -0.1) is 0 Å². The maximum atomic E-state index is 12.2. The van der Waals surface area contributed by atoms with E-state index in [0.717, 1.165) is 5.71 Å². The number of aromatic amines is 1. The molecule has 8 heteroatoms. The van der Waals surface area contributed by atoms with Gasteiger partial charge in [0.2, 0.25) is 0 Å². The third kappa shape index (κ3) is 3.13. The Kier molecular flexibility index (Phi) is 4.43. The van der Waals surface area contributed by atoms with E-state index in [1.54, 1.807) is 0 Å². The average molecular weight is 371 g/mol. The summed E-state index contributed by atoms with van der Waals surface area (Å²) in [4.78, 5) is 14.8. The molecule has 0 bridgehead atoms. The Hall–Kier alpha value is -1.82. The number of amides is 1. The van der Waals surface area contributed by atoms with E-state index in [9.17, 15) is 4.79 Å². The number of fused-ring (bicyclic) bond motifs is 1. The van der Waals surface area contributed by atoms with Crippen LogP contribution < -0.4 is 16.1 Å².